The number of ether oxygens (including phenoxy) is 7. The molecule has 0 spiro atoms. The number of hydrogen-bond acceptors (Lipinski definition) is 11. The van der Waals surface area contributed by atoms with Crippen molar-refractivity contribution in [2.75, 3.05) is 91.3 Å². The summed E-state index contributed by atoms with van der Waals surface area (Å²) in [5.41, 5.74) is 9.29. The topological polar surface area (TPSA) is 93.6 Å². The maximum Gasteiger partial charge on any atom is 0.119 e. The SMILES string of the molecule is COCCOCCOCCOCCOCCOCCOc1ccc(-c2ccc(-c3ccc(N(c4ccccc4)c4ccccc4)cc3)c3nsnc23)cc1. The molecule has 0 bridgehead atoms. The van der Waals surface area contributed by atoms with Crippen molar-refractivity contribution in [1.82, 2.24) is 8.75 Å². The van der Waals surface area contributed by atoms with Gasteiger partial charge in [-0.1, -0.05) is 72.8 Å². The van der Waals surface area contributed by atoms with Crippen LogP contribution in [0.1, 0.15) is 0 Å². The first-order valence-corrected chi connectivity index (χ1v) is 18.9. The minimum absolute atomic E-state index is 0.447. The highest BCUT2D eigenvalue weighted by atomic mass is 32.1. The molecule has 0 amide bonds. The summed E-state index contributed by atoms with van der Waals surface area (Å²) < 4.78 is 47.8. The first-order valence-electron chi connectivity index (χ1n) is 18.2. The molecule has 6 rings (SSSR count). The van der Waals surface area contributed by atoms with Gasteiger partial charge in [0, 0.05) is 35.3 Å². The highest BCUT2D eigenvalue weighted by molar-refractivity contribution is 7.00. The Bertz CT molecular complexity index is 1890. The molecule has 0 unspecified atom stereocenters. The van der Waals surface area contributed by atoms with Gasteiger partial charge in [-0.15, -0.1) is 0 Å². The van der Waals surface area contributed by atoms with E-state index in [2.05, 4.69) is 102 Å². The molecule has 0 aliphatic heterocycles. The maximum atomic E-state index is 5.91. The second kappa shape index (κ2) is 21.9. The van der Waals surface area contributed by atoms with Crippen molar-refractivity contribution in [2.45, 2.75) is 0 Å². The number of nitrogens with zero attached hydrogens (tertiary/aromatic N) is 3. The van der Waals surface area contributed by atoms with Gasteiger partial charge in [0.05, 0.1) is 84.4 Å². The third-order valence-electron chi connectivity index (χ3n) is 8.46. The summed E-state index contributed by atoms with van der Waals surface area (Å²) >= 11 is 1.23. The molecule has 1 heterocycles. The largest absolute Gasteiger partial charge is 0.491 e. The van der Waals surface area contributed by atoms with Crippen LogP contribution >= 0.6 is 11.7 Å². The van der Waals surface area contributed by atoms with E-state index >= 15 is 0 Å². The van der Waals surface area contributed by atoms with Crippen LogP contribution in [0.2, 0.25) is 0 Å². The second-order valence-corrected chi connectivity index (χ2v) is 12.6. The van der Waals surface area contributed by atoms with Crippen LogP contribution in [0.5, 0.6) is 5.75 Å². The average molecular weight is 750 g/mol. The van der Waals surface area contributed by atoms with Gasteiger partial charge >= 0.3 is 0 Å². The van der Waals surface area contributed by atoms with Crippen LogP contribution in [-0.2, 0) is 28.4 Å². The molecule has 282 valence electrons. The Labute approximate surface area is 321 Å². The molecule has 0 fully saturated rings. The van der Waals surface area contributed by atoms with Gasteiger partial charge in [0.1, 0.15) is 23.4 Å². The summed E-state index contributed by atoms with van der Waals surface area (Å²) in [5.74, 6) is 0.780. The fraction of sp³-hybridized carbons (Fsp3) is 0.302. The van der Waals surface area contributed by atoms with Gasteiger partial charge < -0.3 is 38.1 Å². The second-order valence-electron chi connectivity index (χ2n) is 12.1. The average Bonchev–Trinajstić information content (AvgIpc) is 3.72. The fourth-order valence-corrected chi connectivity index (χ4v) is 6.37. The lowest BCUT2D eigenvalue weighted by atomic mass is 9.97. The summed E-state index contributed by atoms with van der Waals surface area (Å²) in [6, 6.07) is 41.8. The molecule has 0 saturated carbocycles. The van der Waals surface area contributed by atoms with Gasteiger partial charge in [-0.05, 0) is 59.7 Å². The molecule has 10 nitrogen and oxygen atoms in total. The zero-order chi connectivity index (χ0) is 37.0. The van der Waals surface area contributed by atoms with Gasteiger partial charge in [-0.3, -0.25) is 0 Å². The number of fused-ring (bicyclic) bond motifs is 1. The van der Waals surface area contributed by atoms with E-state index in [4.69, 9.17) is 41.9 Å². The van der Waals surface area contributed by atoms with Gasteiger partial charge in [-0.25, -0.2) is 0 Å². The van der Waals surface area contributed by atoms with Gasteiger partial charge in [0.15, 0.2) is 0 Å². The Hall–Kier alpha value is -4.72. The number of anilines is 3. The molecule has 0 aliphatic rings. The lowest BCUT2D eigenvalue weighted by molar-refractivity contribution is -0.0159. The fourth-order valence-electron chi connectivity index (χ4n) is 5.80. The van der Waals surface area contributed by atoms with Crippen LogP contribution in [0.3, 0.4) is 0 Å². The molecule has 5 aromatic carbocycles. The quantitative estimate of drug-likeness (QED) is 0.0561. The van der Waals surface area contributed by atoms with Crippen LogP contribution in [0.4, 0.5) is 17.1 Å². The summed E-state index contributed by atoms with van der Waals surface area (Å²) in [7, 11) is 1.65. The van der Waals surface area contributed by atoms with Crippen LogP contribution in [0.25, 0.3) is 33.3 Å². The van der Waals surface area contributed by atoms with E-state index in [0.717, 1.165) is 56.1 Å². The van der Waals surface area contributed by atoms with Crippen molar-refractivity contribution in [3.05, 3.63) is 121 Å². The van der Waals surface area contributed by atoms with Crippen molar-refractivity contribution in [2.24, 2.45) is 0 Å². The number of methoxy groups -OCH3 is 1. The smallest absolute Gasteiger partial charge is 0.119 e. The molecule has 11 heteroatoms. The molecule has 6 aromatic rings. The lowest BCUT2D eigenvalue weighted by Gasteiger charge is -2.25. The monoisotopic (exact) mass is 749 g/mol. The summed E-state index contributed by atoms with van der Waals surface area (Å²) in [5, 5.41) is 0. The van der Waals surface area contributed by atoms with Crippen LogP contribution in [0, 0.1) is 0 Å². The molecular formula is C43H47N3O7S. The Morgan fingerprint density at radius 2 is 0.815 bits per heavy atom. The van der Waals surface area contributed by atoms with Gasteiger partial charge in [0.25, 0.3) is 0 Å². The minimum Gasteiger partial charge on any atom is -0.491 e. The first kappa shape index (κ1) is 39.0. The van der Waals surface area contributed by atoms with E-state index in [-0.39, 0.29) is 0 Å². The van der Waals surface area contributed by atoms with Crippen molar-refractivity contribution >= 4 is 39.8 Å². The summed E-state index contributed by atoms with van der Waals surface area (Å²) in [4.78, 5) is 2.26. The predicted molar refractivity (Wildman–Crippen MR) is 214 cm³/mol. The van der Waals surface area contributed by atoms with Crippen molar-refractivity contribution < 1.29 is 33.2 Å². The Balaban J connectivity index is 0.930. The third-order valence-corrected chi connectivity index (χ3v) is 8.99. The molecule has 0 N–H and O–H groups in total. The van der Waals surface area contributed by atoms with E-state index in [1.807, 2.05) is 24.3 Å². The summed E-state index contributed by atoms with van der Waals surface area (Å²) in [6.07, 6.45) is 0. The molecule has 0 radical (unpaired) electrons. The zero-order valence-electron chi connectivity index (χ0n) is 30.6. The first-order chi connectivity index (χ1) is 26.8. The highest BCUT2D eigenvalue weighted by Crippen LogP contribution is 2.38. The standard InChI is InChI=1S/C43H47N3O7S/c1-47-22-23-48-24-25-49-26-27-50-28-29-51-30-31-52-32-33-53-39-18-14-35(15-19-39)41-21-20-40(42-43(41)45-54-44-42)34-12-16-38(17-13-34)46(36-8-4-2-5-9-36)37-10-6-3-7-11-37/h2-21H,22-33H2,1H3. The zero-order valence-corrected chi connectivity index (χ0v) is 31.5. The molecule has 54 heavy (non-hydrogen) atoms. The normalized spacial score (nSPS) is 11.3. The number of benzene rings is 5. The Morgan fingerprint density at radius 3 is 1.26 bits per heavy atom. The Morgan fingerprint density at radius 1 is 0.426 bits per heavy atom. The van der Waals surface area contributed by atoms with E-state index in [1.54, 1.807) is 7.11 Å². The van der Waals surface area contributed by atoms with Crippen LogP contribution in [0.15, 0.2) is 121 Å². The van der Waals surface area contributed by atoms with Gasteiger partial charge in [-0.2, -0.15) is 8.75 Å². The van der Waals surface area contributed by atoms with E-state index in [9.17, 15) is 0 Å². The maximum absolute atomic E-state index is 5.91. The number of hydrogen-bond donors (Lipinski definition) is 0. The number of aromatic nitrogens is 2. The van der Waals surface area contributed by atoms with E-state index in [0.29, 0.717) is 79.3 Å². The molecule has 0 saturated heterocycles. The van der Waals surface area contributed by atoms with Crippen LogP contribution < -0.4 is 9.64 Å². The minimum atomic E-state index is 0.447. The Kier molecular flexibility index (Phi) is 15.8. The van der Waals surface area contributed by atoms with Gasteiger partial charge in [0.2, 0.25) is 0 Å². The highest BCUT2D eigenvalue weighted by Gasteiger charge is 2.16. The predicted octanol–water partition coefficient (Wildman–Crippen LogP) is 8.60. The molecule has 1 aromatic heterocycles. The molecule has 0 aliphatic carbocycles. The lowest BCUT2D eigenvalue weighted by Crippen LogP contribution is -2.14. The number of para-hydroxylation sites is 2. The van der Waals surface area contributed by atoms with E-state index < -0.39 is 0 Å². The van der Waals surface area contributed by atoms with Crippen molar-refractivity contribution in [3.63, 3.8) is 0 Å². The van der Waals surface area contributed by atoms with Crippen molar-refractivity contribution in [3.8, 4) is 28.0 Å². The summed E-state index contributed by atoms with van der Waals surface area (Å²) in [6.45, 7) is 6.25. The van der Waals surface area contributed by atoms with Crippen LogP contribution in [-0.4, -0.2) is 95.1 Å². The third kappa shape index (κ3) is 11.4. The molecule has 0 atom stereocenters. The van der Waals surface area contributed by atoms with Crippen molar-refractivity contribution in [1.29, 1.82) is 0 Å². The van der Waals surface area contributed by atoms with E-state index in [1.165, 1.54) is 11.7 Å². The molecular weight excluding hydrogens is 703 g/mol. The number of rotatable bonds is 24.